The summed E-state index contributed by atoms with van der Waals surface area (Å²) in [5.41, 5.74) is -0.417. The Labute approximate surface area is 103 Å². The standard InChI is InChI=1S/C12H15F3N2O/c1-3-8(2)16-11(18)17-10-6-4-9(5-7-10)12(13,14)15/h4-8H,3H2,1-2H3,(H2,16,17,18). The molecule has 1 aromatic carbocycles. The van der Waals surface area contributed by atoms with Gasteiger partial charge >= 0.3 is 12.2 Å². The molecule has 1 atom stereocenters. The molecule has 0 aliphatic carbocycles. The highest BCUT2D eigenvalue weighted by atomic mass is 19.4. The second-order valence-electron chi connectivity index (χ2n) is 3.98. The summed E-state index contributed by atoms with van der Waals surface area (Å²) in [7, 11) is 0. The van der Waals surface area contributed by atoms with Gasteiger partial charge in [0.1, 0.15) is 0 Å². The van der Waals surface area contributed by atoms with E-state index in [0.29, 0.717) is 5.69 Å². The molecule has 0 aliphatic heterocycles. The summed E-state index contributed by atoms with van der Waals surface area (Å²) in [5, 5.41) is 5.12. The molecule has 0 saturated heterocycles. The molecule has 2 N–H and O–H groups in total. The maximum Gasteiger partial charge on any atom is 0.416 e. The Balaban J connectivity index is 2.61. The monoisotopic (exact) mass is 260 g/mol. The van der Waals surface area contributed by atoms with Crippen molar-refractivity contribution in [2.75, 3.05) is 5.32 Å². The number of alkyl halides is 3. The largest absolute Gasteiger partial charge is 0.416 e. The van der Waals surface area contributed by atoms with E-state index < -0.39 is 17.8 Å². The Morgan fingerprint density at radius 1 is 1.28 bits per heavy atom. The van der Waals surface area contributed by atoms with Gasteiger partial charge in [0.25, 0.3) is 0 Å². The van der Waals surface area contributed by atoms with Gasteiger partial charge in [-0.3, -0.25) is 0 Å². The van der Waals surface area contributed by atoms with Crippen LogP contribution in [-0.2, 0) is 6.18 Å². The van der Waals surface area contributed by atoms with Crippen molar-refractivity contribution >= 4 is 11.7 Å². The Kier molecular flexibility index (Phi) is 4.58. The molecule has 0 aromatic heterocycles. The highest BCUT2D eigenvalue weighted by Crippen LogP contribution is 2.29. The summed E-state index contributed by atoms with van der Waals surface area (Å²) < 4.78 is 36.9. The summed E-state index contributed by atoms with van der Waals surface area (Å²) in [4.78, 5) is 11.4. The lowest BCUT2D eigenvalue weighted by molar-refractivity contribution is -0.137. The van der Waals surface area contributed by atoms with Gasteiger partial charge in [-0.2, -0.15) is 13.2 Å². The fourth-order valence-electron chi connectivity index (χ4n) is 1.24. The second kappa shape index (κ2) is 5.75. The molecule has 100 valence electrons. The van der Waals surface area contributed by atoms with Crippen molar-refractivity contribution in [3.63, 3.8) is 0 Å². The van der Waals surface area contributed by atoms with Crippen molar-refractivity contribution < 1.29 is 18.0 Å². The van der Waals surface area contributed by atoms with Crippen LogP contribution < -0.4 is 10.6 Å². The first-order chi connectivity index (χ1) is 8.32. The first-order valence-electron chi connectivity index (χ1n) is 5.57. The summed E-state index contributed by atoms with van der Waals surface area (Å²) in [6.07, 6.45) is -3.59. The molecule has 3 nitrogen and oxygen atoms in total. The number of nitrogens with one attached hydrogen (secondary N) is 2. The first kappa shape index (κ1) is 14.3. The zero-order valence-corrected chi connectivity index (χ0v) is 10.1. The van der Waals surface area contributed by atoms with Gasteiger partial charge in [-0.15, -0.1) is 0 Å². The van der Waals surface area contributed by atoms with Crippen LogP contribution in [0.2, 0.25) is 0 Å². The van der Waals surface area contributed by atoms with Gasteiger partial charge < -0.3 is 10.6 Å². The molecule has 1 rings (SSSR count). The van der Waals surface area contributed by atoms with Gasteiger partial charge in [0, 0.05) is 11.7 Å². The lowest BCUT2D eigenvalue weighted by atomic mass is 10.2. The van der Waals surface area contributed by atoms with E-state index in [1.54, 1.807) is 0 Å². The number of halogens is 3. The fourth-order valence-corrected chi connectivity index (χ4v) is 1.24. The van der Waals surface area contributed by atoms with Crippen molar-refractivity contribution in [1.82, 2.24) is 5.32 Å². The molecule has 0 aliphatic rings. The van der Waals surface area contributed by atoms with E-state index in [4.69, 9.17) is 0 Å². The quantitative estimate of drug-likeness (QED) is 0.856. The topological polar surface area (TPSA) is 41.1 Å². The number of urea groups is 1. The van der Waals surface area contributed by atoms with Crippen LogP contribution in [0, 0.1) is 0 Å². The highest BCUT2D eigenvalue weighted by molar-refractivity contribution is 5.89. The minimum Gasteiger partial charge on any atom is -0.335 e. The molecule has 0 saturated carbocycles. The van der Waals surface area contributed by atoms with Gasteiger partial charge in [-0.25, -0.2) is 4.79 Å². The molecule has 0 heterocycles. The zero-order valence-electron chi connectivity index (χ0n) is 10.1. The van der Waals surface area contributed by atoms with E-state index in [-0.39, 0.29) is 6.04 Å². The van der Waals surface area contributed by atoms with E-state index in [2.05, 4.69) is 10.6 Å². The Morgan fingerprint density at radius 2 is 1.83 bits per heavy atom. The number of hydrogen-bond donors (Lipinski definition) is 2. The van der Waals surface area contributed by atoms with E-state index in [1.807, 2.05) is 13.8 Å². The van der Waals surface area contributed by atoms with Gasteiger partial charge in [0.2, 0.25) is 0 Å². The maximum atomic E-state index is 12.3. The minimum absolute atomic E-state index is 0.0134. The third-order valence-corrected chi connectivity index (χ3v) is 2.46. The van der Waals surface area contributed by atoms with Crippen molar-refractivity contribution in [3.8, 4) is 0 Å². The Bertz CT molecular complexity index is 401. The predicted octanol–water partition coefficient (Wildman–Crippen LogP) is 3.63. The van der Waals surface area contributed by atoms with Gasteiger partial charge in [0.15, 0.2) is 0 Å². The molecule has 0 fully saturated rings. The summed E-state index contributed by atoms with van der Waals surface area (Å²) >= 11 is 0. The van der Waals surface area contributed by atoms with Gasteiger partial charge in [0.05, 0.1) is 5.56 Å². The fraction of sp³-hybridized carbons (Fsp3) is 0.417. The highest BCUT2D eigenvalue weighted by Gasteiger charge is 2.29. The molecule has 18 heavy (non-hydrogen) atoms. The lowest BCUT2D eigenvalue weighted by Gasteiger charge is -2.13. The average molecular weight is 260 g/mol. The number of carbonyl (C=O) groups is 1. The molecular formula is C12H15F3N2O. The molecular weight excluding hydrogens is 245 g/mol. The van der Waals surface area contributed by atoms with E-state index >= 15 is 0 Å². The minimum atomic E-state index is -4.36. The number of amides is 2. The smallest absolute Gasteiger partial charge is 0.335 e. The third kappa shape index (κ3) is 4.27. The van der Waals surface area contributed by atoms with Crippen LogP contribution in [-0.4, -0.2) is 12.1 Å². The Hall–Kier alpha value is -1.72. The van der Waals surface area contributed by atoms with Crippen molar-refractivity contribution in [2.45, 2.75) is 32.5 Å². The molecule has 1 aromatic rings. The normalized spacial score (nSPS) is 12.9. The third-order valence-electron chi connectivity index (χ3n) is 2.46. The zero-order chi connectivity index (χ0) is 13.8. The van der Waals surface area contributed by atoms with Crippen molar-refractivity contribution in [3.05, 3.63) is 29.8 Å². The summed E-state index contributed by atoms with van der Waals surface area (Å²) in [6, 6.07) is 3.89. The number of benzene rings is 1. The molecule has 0 spiro atoms. The van der Waals surface area contributed by atoms with Gasteiger partial charge in [-0.1, -0.05) is 6.92 Å². The molecule has 1 unspecified atom stereocenters. The van der Waals surface area contributed by atoms with E-state index in [1.165, 1.54) is 12.1 Å². The van der Waals surface area contributed by atoms with E-state index in [0.717, 1.165) is 18.6 Å². The van der Waals surface area contributed by atoms with Gasteiger partial charge in [-0.05, 0) is 37.6 Å². The molecule has 0 bridgehead atoms. The van der Waals surface area contributed by atoms with Crippen molar-refractivity contribution in [2.24, 2.45) is 0 Å². The van der Waals surface area contributed by atoms with Crippen LogP contribution in [0.15, 0.2) is 24.3 Å². The number of carbonyl (C=O) groups excluding carboxylic acids is 1. The lowest BCUT2D eigenvalue weighted by Crippen LogP contribution is -2.35. The average Bonchev–Trinajstić information content (AvgIpc) is 2.28. The molecule has 0 radical (unpaired) electrons. The second-order valence-corrected chi connectivity index (χ2v) is 3.98. The van der Waals surface area contributed by atoms with Crippen LogP contribution in [0.3, 0.4) is 0 Å². The first-order valence-corrected chi connectivity index (χ1v) is 5.57. The van der Waals surface area contributed by atoms with E-state index in [9.17, 15) is 18.0 Å². The number of anilines is 1. The SMILES string of the molecule is CCC(C)NC(=O)Nc1ccc(C(F)(F)F)cc1. The van der Waals surface area contributed by atoms with Crippen LogP contribution >= 0.6 is 0 Å². The summed E-state index contributed by atoms with van der Waals surface area (Å²) in [6.45, 7) is 3.76. The molecule has 2 amide bonds. The number of hydrogen-bond acceptors (Lipinski definition) is 1. The van der Waals surface area contributed by atoms with Crippen molar-refractivity contribution in [1.29, 1.82) is 0 Å². The van der Waals surface area contributed by atoms with Crippen LogP contribution in [0.5, 0.6) is 0 Å². The summed E-state index contributed by atoms with van der Waals surface area (Å²) in [5.74, 6) is 0. The Morgan fingerprint density at radius 3 is 2.28 bits per heavy atom. The molecule has 6 heteroatoms. The maximum absolute atomic E-state index is 12.3. The van der Waals surface area contributed by atoms with Crippen LogP contribution in [0.25, 0.3) is 0 Å². The van der Waals surface area contributed by atoms with Crippen LogP contribution in [0.4, 0.5) is 23.7 Å². The number of rotatable bonds is 3. The predicted molar refractivity (Wildman–Crippen MR) is 63.4 cm³/mol. The van der Waals surface area contributed by atoms with Crippen LogP contribution in [0.1, 0.15) is 25.8 Å².